The quantitative estimate of drug-likeness (QED) is 0.774. The first-order chi connectivity index (χ1) is 9.17. The van der Waals surface area contributed by atoms with Crippen LogP contribution >= 0.6 is 0 Å². The maximum atomic E-state index is 11.1. The molecule has 4 heteroatoms. The number of nitrogens with zero attached hydrogens (tertiary/aromatic N) is 3. The summed E-state index contributed by atoms with van der Waals surface area (Å²) in [6.45, 7) is 6.35. The second kappa shape index (κ2) is 5.78. The Balaban J connectivity index is 2.55. The molecule has 0 unspecified atom stereocenters. The molecule has 0 atom stereocenters. The van der Waals surface area contributed by atoms with E-state index in [-0.39, 0.29) is 0 Å². The normalized spacial score (nSPS) is 10.9. The molecular weight excluding hydrogens is 238 g/mol. The Bertz CT molecular complexity index is 573. The van der Waals surface area contributed by atoms with E-state index in [1.165, 1.54) is 5.56 Å². The lowest BCUT2D eigenvalue weighted by atomic mass is 10.1. The van der Waals surface area contributed by atoms with Crippen LogP contribution < -0.4 is 0 Å². The summed E-state index contributed by atoms with van der Waals surface area (Å²) in [7, 11) is 0. The van der Waals surface area contributed by atoms with Gasteiger partial charge in [0.05, 0.1) is 11.4 Å². The Kier molecular flexibility index (Phi) is 4.10. The minimum Gasteiger partial charge on any atom is -0.296 e. The van der Waals surface area contributed by atoms with Gasteiger partial charge >= 0.3 is 0 Å². The molecule has 0 aliphatic rings. The van der Waals surface area contributed by atoms with Crippen LogP contribution in [0.4, 0.5) is 0 Å². The van der Waals surface area contributed by atoms with Crippen LogP contribution in [-0.2, 0) is 12.8 Å². The number of benzene rings is 1. The molecule has 4 nitrogen and oxygen atoms in total. The van der Waals surface area contributed by atoms with Crippen LogP contribution in [-0.4, -0.2) is 21.3 Å². The van der Waals surface area contributed by atoms with Gasteiger partial charge in [0.15, 0.2) is 6.29 Å². The lowest BCUT2D eigenvalue weighted by Gasteiger charge is -2.12. The third kappa shape index (κ3) is 2.72. The highest BCUT2D eigenvalue weighted by Gasteiger charge is 2.16. The van der Waals surface area contributed by atoms with Crippen LogP contribution in [0.2, 0.25) is 0 Å². The summed E-state index contributed by atoms with van der Waals surface area (Å²) < 4.78 is 1.81. The number of hydrogen-bond acceptors (Lipinski definition) is 3. The molecule has 0 saturated heterocycles. The van der Waals surface area contributed by atoms with Crippen LogP contribution in [0.5, 0.6) is 0 Å². The number of rotatable bonds is 5. The van der Waals surface area contributed by atoms with E-state index in [9.17, 15) is 4.79 Å². The second-order valence-corrected chi connectivity index (χ2v) is 5.03. The first kappa shape index (κ1) is 13.5. The first-order valence-corrected chi connectivity index (χ1v) is 6.65. The summed E-state index contributed by atoms with van der Waals surface area (Å²) in [6, 6.07) is 8.10. The van der Waals surface area contributed by atoms with E-state index in [2.05, 4.69) is 37.1 Å². The van der Waals surface area contributed by atoms with Crippen LogP contribution in [0.25, 0.3) is 5.69 Å². The average Bonchev–Trinajstić information content (AvgIpc) is 2.80. The van der Waals surface area contributed by atoms with Gasteiger partial charge in [-0.3, -0.25) is 4.79 Å². The lowest BCUT2D eigenvalue weighted by Crippen LogP contribution is -2.09. The molecule has 0 aliphatic carbocycles. The van der Waals surface area contributed by atoms with E-state index in [1.807, 2.05) is 22.9 Å². The van der Waals surface area contributed by atoms with Crippen molar-refractivity contribution in [3.05, 3.63) is 41.2 Å². The molecule has 100 valence electrons. The van der Waals surface area contributed by atoms with Crippen LogP contribution in [0, 0.1) is 5.92 Å². The van der Waals surface area contributed by atoms with Crippen molar-refractivity contribution >= 4 is 6.29 Å². The SMILES string of the molecule is CCc1ccccc1-n1nnc(C=O)c1CC(C)C. The van der Waals surface area contributed by atoms with Gasteiger partial charge in [-0.05, 0) is 30.4 Å². The van der Waals surface area contributed by atoms with Gasteiger partial charge in [0.1, 0.15) is 5.69 Å². The highest BCUT2D eigenvalue weighted by atomic mass is 16.1. The van der Waals surface area contributed by atoms with Crippen molar-refractivity contribution in [2.24, 2.45) is 5.92 Å². The summed E-state index contributed by atoms with van der Waals surface area (Å²) in [5, 5.41) is 8.14. The van der Waals surface area contributed by atoms with Crippen molar-refractivity contribution in [2.75, 3.05) is 0 Å². The fourth-order valence-corrected chi connectivity index (χ4v) is 2.19. The molecule has 1 heterocycles. The molecule has 0 bridgehead atoms. The molecule has 0 radical (unpaired) electrons. The number of aromatic nitrogens is 3. The van der Waals surface area contributed by atoms with E-state index in [0.29, 0.717) is 11.6 Å². The van der Waals surface area contributed by atoms with Gasteiger partial charge in [-0.1, -0.05) is 44.2 Å². The maximum absolute atomic E-state index is 11.1. The van der Waals surface area contributed by atoms with Crippen molar-refractivity contribution in [3.8, 4) is 5.69 Å². The summed E-state index contributed by atoms with van der Waals surface area (Å²) in [6.07, 6.45) is 2.50. The maximum Gasteiger partial charge on any atom is 0.172 e. The zero-order valence-electron chi connectivity index (χ0n) is 11.6. The Morgan fingerprint density at radius 1 is 1.32 bits per heavy atom. The fourth-order valence-electron chi connectivity index (χ4n) is 2.19. The third-order valence-corrected chi connectivity index (χ3v) is 3.11. The van der Waals surface area contributed by atoms with E-state index in [4.69, 9.17) is 0 Å². The van der Waals surface area contributed by atoms with Gasteiger partial charge in [0.25, 0.3) is 0 Å². The minimum absolute atomic E-state index is 0.444. The number of aryl methyl sites for hydroxylation is 1. The number of hydrogen-bond donors (Lipinski definition) is 0. The monoisotopic (exact) mass is 257 g/mol. The van der Waals surface area contributed by atoms with Gasteiger partial charge in [-0.25, -0.2) is 4.68 Å². The Labute approximate surface area is 113 Å². The van der Waals surface area contributed by atoms with E-state index < -0.39 is 0 Å². The van der Waals surface area contributed by atoms with Gasteiger partial charge in [-0.2, -0.15) is 0 Å². The molecule has 0 amide bonds. The summed E-state index contributed by atoms with van der Waals surface area (Å²) in [5.41, 5.74) is 3.56. The number of para-hydroxylation sites is 1. The Hall–Kier alpha value is -1.97. The summed E-state index contributed by atoms with van der Waals surface area (Å²) >= 11 is 0. The largest absolute Gasteiger partial charge is 0.296 e. The fraction of sp³-hybridized carbons (Fsp3) is 0.400. The Morgan fingerprint density at radius 2 is 2.05 bits per heavy atom. The molecule has 2 rings (SSSR count). The highest BCUT2D eigenvalue weighted by molar-refractivity contribution is 5.73. The smallest absolute Gasteiger partial charge is 0.172 e. The second-order valence-electron chi connectivity index (χ2n) is 5.03. The molecule has 1 aromatic carbocycles. The van der Waals surface area contributed by atoms with Gasteiger partial charge in [-0.15, -0.1) is 5.10 Å². The molecule has 0 aliphatic heterocycles. The zero-order valence-corrected chi connectivity index (χ0v) is 11.6. The molecule has 0 N–H and O–H groups in total. The van der Waals surface area contributed by atoms with Gasteiger partial charge in [0, 0.05) is 0 Å². The highest BCUT2D eigenvalue weighted by Crippen LogP contribution is 2.19. The van der Waals surface area contributed by atoms with Crippen LogP contribution in [0.1, 0.15) is 42.5 Å². The Morgan fingerprint density at radius 3 is 2.68 bits per heavy atom. The van der Waals surface area contributed by atoms with Crippen LogP contribution in [0.3, 0.4) is 0 Å². The topological polar surface area (TPSA) is 47.8 Å². The van der Waals surface area contributed by atoms with E-state index in [1.54, 1.807) is 0 Å². The third-order valence-electron chi connectivity index (χ3n) is 3.11. The van der Waals surface area contributed by atoms with Gasteiger partial charge < -0.3 is 0 Å². The van der Waals surface area contributed by atoms with E-state index >= 15 is 0 Å². The molecule has 0 saturated carbocycles. The minimum atomic E-state index is 0.444. The van der Waals surface area contributed by atoms with Crippen LogP contribution in [0.15, 0.2) is 24.3 Å². The van der Waals surface area contributed by atoms with Crippen molar-refractivity contribution in [3.63, 3.8) is 0 Å². The number of aldehydes is 1. The molecular formula is C15H19N3O. The van der Waals surface area contributed by atoms with Crippen molar-refractivity contribution in [1.29, 1.82) is 0 Å². The molecule has 0 fully saturated rings. The molecule has 2 aromatic rings. The van der Waals surface area contributed by atoms with Crippen molar-refractivity contribution in [2.45, 2.75) is 33.6 Å². The molecule has 19 heavy (non-hydrogen) atoms. The zero-order chi connectivity index (χ0) is 13.8. The standard InChI is InChI=1S/C15H19N3O/c1-4-12-7-5-6-8-14(12)18-15(9-11(2)3)13(10-19)16-17-18/h5-8,10-11H,4,9H2,1-3H3. The predicted molar refractivity (Wildman–Crippen MR) is 74.7 cm³/mol. The van der Waals surface area contributed by atoms with Crippen molar-refractivity contribution < 1.29 is 4.79 Å². The summed E-state index contributed by atoms with van der Waals surface area (Å²) in [5.74, 6) is 0.449. The average molecular weight is 257 g/mol. The number of carbonyl (C=O) groups excluding carboxylic acids is 1. The van der Waals surface area contributed by atoms with Gasteiger partial charge in [0.2, 0.25) is 0 Å². The predicted octanol–water partition coefficient (Wildman–Crippen LogP) is 2.84. The van der Waals surface area contributed by atoms with E-state index in [0.717, 1.165) is 30.5 Å². The van der Waals surface area contributed by atoms with Crippen molar-refractivity contribution in [1.82, 2.24) is 15.0 Å². The summed E-state index contributed by atoms with van der Waals surface area (Å²) in [4.78, 5) is 11.1. The molecule has 1 aromatic heterocycles. The molecule has 0 spiro atoms. The lowest BCUT2D eigenvalue weighted by molar-refractivity contribution is 0.111. The number of carbonyl (C=O) groups is 1. The first-order valence-electron chi connectivity index (χ1n) is 6.65.